The lowest BCUT2D eigenvalue weighted by molar-refractivity contribution is 0.179. The molecule has 1 atom stereocenters. The highest BCUT2D eigenvalue weighted by Gasteiger charge is 2.36. The first-order valence-corrected chi connectivity index (χ1v) is 12.7. The fourth-order valence-corrected chi connectivity index (χ4v) is 5.12. The molecule has 0 aliphatic carbocycles. The van der Waals surface area contributed by atoms with E-state index in [9.17, 15) is 4.79 Å². The van der Waals surface area contributed by atoms with Crippen molar-refractivity contribution in [2.45, 2.75) is 33.0 Å². The highest BCUT2D eigenvalue weighted by molar-refractivity contribution is 5.76. The summed E-state index contributed by atoms with van der Waals surface area (Å²) in [6, 6.07) is 25.2. The zero-order valence-corrected chi connectivity index (χ0v) is 21.4. The average Bonchev–Trinajstić information content (AvgIpc) is 3.68. The van der Waals surface area contributed by atoms with Gasteiger partial charge in [-0.25, -0.2) is 9.48 Å². The lowest BCUT2D eigenvalue weighted by Gasteiger charge is -2.31. The molecule has 0 radical (unpaired) electrons. The first kappa shape index (κ1) is 23.7. The molecule has 2 amide bonds. The molecule has 0 spiro atoms. The number of nitrogens with one attached hydrogen (secondary N) is 1. The third-order valence-electron chi connectivity index (χ3n) is 6.83. The van der Waals surface area contributed by atoms with Crippen molar-refractivity contribution in [1.82, 2.24) is 24.6 Å². The number of benzene rings is 2. The summed E-state index contributed by atoms with van der Waals surface area (Å²) in [5.41, 5.74) is 4.75. The zero-order chi connectivity index (χ0) is 26.1. The molecule has 0 bridgehead atoms. The predicted octanol–water partition coefficient (Wildman–Crippen LogP) is 5.78. The Hall–Kier alpha value is -4.72. The predicted molar refractivity (Wildman–Crippen MR) is 144 cm³/mol. The van der Waals surface area contributed by atoms with Crippen molar-refractivity contribution in [3.05, 3.63) is 120 Å². The van der Waals surface area contributed by atoms with Gasteiger partial charge in [0.2, 0.25) is 0 Å². The highest BCUT2D eigenvalue weighted by atomic mass is 16.5. The largest absolute Gasteiger partial charge is 0.494 e. The molecule has 8 heteroatoms. The van der Waals surface area contributed by atoms with Gasteiger partial charge >= 0.3 is 6.03 Å². The van der Waals surface area contributed by atoms with E-state index in [1.54, 1.807) is 6.26 Å². The third kappa shape index (κ3) is 4.24. The second-order valence-corrected chi connectivity index (χ2v) is 9.21. The SMILES string of the molecule is CCOc1cccc(C2c3cccn3-c3c(c(C)nn3-c3ccccc3)CN2C(=O)NCc2ccco2)c1. The molecule has 6 rings (SSSR count). The maximum absolute atomic E-state index is 13.9. The molecule has 1 unspecified atom stereocenters. The molecule has 1 aliphatic heterocycles. The van der Waals surface area contributed by atoms with Crippen molar-refractivity contribution < 1.29 is 13.9 Å². The molecular weight excluding hydrogens is 478 g/mol. The van der Waals surface area contributed by atoms with Crippen LogP contribution in [0.2, 0.25) is 0 Å². The normalized spacial score (nSPS) is 14.5. The van der Waals surface area contributed by atoms with E-state index in [1.807, 2.05) is 102 Å². The summed E-state index contributed by atoms with van der Waals surface area (Å²) in [5.74, 6) is 2.40. The lowest BCUT2D eigenvalue weighted by atomic mass is 10.0. The van der Waals surface area contributed by atoms with E-state index in [-0.39, 0.29) is 12.1 Å². The molecule has 0 saturated heterocycles. The second-order valence-electron chi connectivity index (χ2n) is 9.21. The van der Waals surface area contributed by atoms with E-state index in [2.05, 4.69) is 16.0 Å². The van der Waals surface area contributed by atoms with E-state index in [0.29, 0.717) is 25.5 Å². The Morgan fingerprint density at radius 1 is 1.08 bits per heavy atom. The van der Waals surface area contributed by atoms with Crippen LogP contribution in [0.4, 0.5) is 4.79 Å². The number of aromatic nitrogens is 3. The fraction of sp³-hybridized carbons (Fsp3) is 0.200. The van der Waals surface area contributed by atoms with Crippen molar-refractivity contribution in [3.8, 4) is 17.3 Å². The van der Waals surface area contributed by atoms with Gasteiger partial charge in [-0.05, 0) is 67.9 Å². The standard InChI is InChI=1S/C30H29N5O3/c1-3-37-24-13-7-10-22(18-24)28-27-15-8-16-33(27)29-26(21(2)32-35(29)23-11-5-4-6-12-23)20-34(28)30(36)31-19-25-14-9-17-38-25/h4-18,28H,3,19-20H2,1-2H3,(H,31,36). The molecule has 1 aliphatic rings. The maximum atomic E-state index is 13.9. The van der Waals surface area contributed by atoms with Crippen molar-refractivity contribution in [2.75, 3.05) is 6.61 Å². The molecular formula is C30H29N5O3. The number of rotatable bonds is 6. The van der Waals surface area contributed by atoms with E-state index in [1.165, 1.54) is 0 Å². The lowest BCUT2D eigenvalue weighted by Crippen LogP contribution is -2.41. The maximum Gasteiger partial charge on any atom is 0.318 e. The summed E-state index contributed by atoms with van der Waals surface area (Å²) in [5, 5.41) is 7.96. The van der Waals surface area contributed by atoms with Crippen molar-refractivity contribution in [3.63, 3.8) is 0 Å². The minimum atomic E-state index is -0.363. The van der Waals surface area contributed by atoms with E-state index in [0.717, 1.165) is 39.8 Å². The van der Waals surface area contributed by atoms with Gasteiger partial charge in [0, 0.05) is 11.8 Å². The van der Waals surface area contributed by atoms with E-state index < -0.39 is 0 Å². The monoisotopic (exact) mass is 507 g/mol. The topological polar surface area (TPSA) is 77.5 Å². The third-order valence-corrected chi connectivity index (χ3v) is 6.83. The summed E-state index contributed by atoms with van der Waals surface area (Å²) < 4.78 is 15.4. The minimum Gasteiger partial charge on any atom is -0.494 e. The van der Waals surface area contributed by atoms with Gasteiger partial charge in [-0.3, -0.25) is 0 Å². The van der Waals surface area contributed by atoms with Crippen LogP contribution in [0.15, 0.2) is 95.7 Å². The summed E-state index contributed by atoms with van der Waals surface area (Å²) >= 11 is 0. The molecule has 0 saturated carbocycles. The Morgan fingerprint density at radius 3 is 2.74 bits per heavy atom. The molecule has 3 aromatic heterocycles. The molecule has 8 nitrogen and oxygen atoms in total. The average molecular weight is 508 g/mol. The highest BCUT2D eigenvalue weighted by Crippen LogP contribution is 2.39. The number of furan rings is 1. The van der Waals surface area contributed by atoms with Crippen LogP contribution in [0.25, 0.3) is 11.5 Å². The number of amides is 2. The number of ether oxygens (including phenoxy) is 1. The first-order chi connectivity index (χ1) is 18.6. The number of fused-ring (bicyclic) bond motifs is 3. The van der Waals surface area contributed by atoms with Crippen LogP contribution in [0.3, 0.4) is 0 Å². The van der Waals surface area contributed by atoms with Crippen molar-refractivity contribution in [1.29, 1.82) is 0 Å². The minimum absolute atomic E-state index is 0.194. The Bertz CT molecular complexity index is 1550. The van der Waals surface area contributed by atoms with Crippen molar-refractivity contribution >= 4 is 6.03 Å². The van der Waals surface area contributed by atoms with Gasteiger partial charge in [-0.15, -0.1) is 0 Å². The summed E-state index contributed by atoms with van der Waals surface area (Å²) in [6.07, 6.45) is 3.65. The van der Waals surface area contributed by atoms with Crippen LogP contribution < -0.4 is 10.1 Å². The smallest absolute Gasteiger partial charge is 0.318 e. The molecule has 1 N–H and O–H groups in total. The molecule has 2 aromatic carbocycles. The van der Waals surface area contributed by atoms with E-state index >= 15 is 0 Å². The van der Waals surface area contributed by atoms with Gasteiger partial charge < -0.3 is 23.9 Å². The molecule has 38 heavy (non-hydrogen) atoms. The second kappa shape index (κ2) is 9.97. The summed E-state index contributed by atoms with van der Waals surface area (Å²) in [6.45, 7) is 5.20. The van der Waals surface area contributed by atoms with Crippen molar-refractivity contribution in [2.24, 2.45) is 0 Å². The Morgan fingerprint density at radius 2 is 1.95 bits per heavy atom. The Labute approximate surface area is 221 Å². The molecule has 5 aromatic rings. The van der Waals surface area contributed by atoms with Gasteiger partial charge in [-0.2, -0.15) is 5.10 Å². The van der Waals surface area contributed by atoms with Gasteiger partial charge in [-0.1, -0.05) is 30.3 Å². The van der Waals surface area contributed by atoms with Crippen LogP contribution in [-0.4, -0.2) is 31.9 Å². The number of nitrogens with zero attached hydrogens (tertiary/aromatic N) is 4. The summed E-state index contributed by atoms with van der Waals surface area (Å²) in [4.78, 5) is 15.7. The molecule has 0 fully saturated rings. The van der Waals surface area contributed by atoms with Crippen LogP contribution in [-0.2, 0) is 13.1 Å². The molecule has 4 heterocycles. The Kier molecular flexibility index (Phi) is 6.21. The van der Waals surface area contributed by atoms with Crippen LogP contribution >= 0.6 is 0 Å². The van der Waals surface area contributed by atoms with E-state index in [4.69, 9.17) is 14.3 Å². The van der Waals surface area contributed by atoms with Gasteiger partial charge in [0.05, 0.1) is 49.1 Å². The number of aryl methyl sites for hydroxylation is 1. The molecule has 192 valence electrons. The van der Waals surface area contributed by atoms with Gasteiger partial charge in [0.15, 0.2) is 0 Å². The number of carbonyl (C=O) groups excluding carboxylic acids is 1. The van der Waals surface area contributed by atoms with Crippen LogP contribution in [0.5, 0.6) is 5.75 Å². The summed E-state index contributed by atoms with van der Waals surface area (Å²) in [7, 11) is 0. The Balaban J connectivity index is 1.50. The number of carbonyl (C=O) groups is 1. The fourth-order valence-electron chi connectivity index (χ4n) is 5.12. The number of urea groups is 1. The zero-order valence-electron chi connectivity index (χ0n) is 21.4. The van der Waals surface area contributed by atoms with Gasteiger partial charge in [0.1, 0.15) is 17.3 Å². The van der Waals surface area contributed by atoms with Gasteiger partial charge in [0.25, 0.3) is 0 Å². The number of para-hydroxylation sites is 1. The number of hydrogen-bond acceptors (Lipinski definition) is 4. The number of hydrogen-bond donors (Lipinski definition) is 1. The first-order valence-electron chi connectivity index (χ1n) is 12.7. The van der Waals surface area contributed by atoms with Crippen LogP contribution in [0.1, 0.15) is 41.2 Å². The quantitative estimate of drug-likeness (QED) is 0.316. The van der Waals surface area contributed by atoms with Crippen LogP contribution in [0, 0.1) is 6.92 Å².